The summed E-state index contributed by atoms with van der Waals surface area (Å²) in [5.74, 6) is 0.457. The number of nitrogens with one attached hydrogen (secondary N) is 1. The molecule has 1 aromatic heterocycles. The van der Waals surface area contributed by atoms with E-state index in [1.165, 1.54) is 6.07 Å². The molecule has 0 spiro atoms. The van der Waals surface area contributed by atoms with E-state index < -0.39 is 0 Å². The van der Waals surface area contributed by atoms with Crippen LogP contribution >= 0.6 is 23.2 Å². The second-order valence-corrected chi connectivity index (χ2v) is 4.36. The van der Waals surface area contributed by atoms with Gasteiger partial charge >= 0.3 is 0 Å². The molecule has 0 saturated carbocycles. The summed E-state index contributed by atoms with van der Waals surface area (Å²) in [7, 11) is 0. The van der Waals surface area contributed by atoms with E-state index in [9.17, 15) is 0 Å². The maximum absolute atomic E-state index is 8.99. The van der Waals surface area contributed by atoms with Crippen molar-refractivity contribution in [1.29, 1.82) is 5.26 Å². The first-order valence-corrected chi connectivity index (χ1v) is 5.74. The Bertz CT molecular complexity index is 614. The minimum Gasteiger partial charge on any atom is -0.399 e. The van der Waals surface area contributed by atoms with Gasteiger partial charge in [0.1, 0.15) is 17.0 Å². The molecule has 0 radical (unpaired) electrons. The molecule has 2 aromatic rings. The van der Waals surface area contributed by atoms with Crippen molar-refractivity contribution in [2.24, 2.45) is 0 Å². The Kier molecular flexibility index (Phi) is 3.56. The van der Waals surface area contributed by atoms with E-state index in [1.807, 2.05) is 0 Å². The SMILES string of the molecule is N#Cc1ccc(Cl)cc1Nc1cc(N)cc(Cl)n1. The molecule has 18 heavy (non-hydrogen) atoms. The molecule has 0 saturated heterocycles. The van der Waals surface area contributed by atoms with Crippen LogP contribution in [0.3, 0.4) is 0 Å². The molecule has 0 fully saturated rings. The predicted molar refractivity (Wildman–Crippen MR) is 73.1 cm³/mol. The molecule has 4 nitrogen and oxygen atoms in total. The first-order valence-electron chi connectivity index (χ1n) is 4.98. The van der Waals surface area contributed by atoms with Crippen molar-refractivity contribution in [3.05, 3.63) is 46.1 Å². The molecule has 1 heterocycles. The highest BCUT2D eigenvalue weighted by Crippen LogP contribution is 2.25. The summed E-state index contributed by atoms with van der Waals surface area (Å²) in [6.45, 7) is 0. The van der Waals surface area contributed by atoms with Crippen molar-refractivity contribution in [2.75, 3.05) is 11.1 Å². The third-order valence-corrected chi connectivity index (χ3v) is 2.61. The third-order valence-electron chi connectivity index (χ3n) is 2.18. The Hall–Kier alpha value is -1.96. The lowest BCUT2D eigenvalue weighted by Gasteiger charge is -2.08. The van der Waals surface area contributed by atoms with Crippen molar-refractivity contribution in [3.63, 3.8) is 0 Å². The lowest BCUT2D eigenvalue weighted by Crippen LogP contribution is -1.98. The number of nitriles is 1. The van der Waals surface area contributed by atoms with Crippen LogP contribution in [-0.4, -0.2) is 4.98 Å². The summed E-state index contributed by atoms with van der Waals surface area (Å²) in [5.41, 5.74) is 7.16. The number of benzene rings is 1. The van der Waals surface area contributed by atoms with E-state index in [4.69, 9.17) is 34.2 Å². The number of nitrogen functional groups attached to an aromatic ring is 1. The largest absolute Gasteiger partial charge is 0.399 e. The fraction of sp³-hybridized carbons (Fsp3) is 0. The standard InChI is InChI=1S/C12H8Cl2N4/c13-8-2-1-7(6-15)10(3-8)17-12-5-9(16)4-11(14)18-12/h1-5H,(H3,16,17,18). The Labute approximate surface area is 114 Å². The van der Waals surface area contributed by atoms with E-state index in [0.29, 0.717) is 27.8 Å². The molecule has 2 rings (SSSR count). The molecule has 1 aromatic carbocycles. The summed E-state index contributed by atoms with van der Waals surface area (Å²) in [5, 5.41) is 12.8. The van der Waals surface area contributed by atoms with Crippen LogP contribution in [0.1, 0.15) is 5.56 Å². The number of rotatable bonds is 2. The van der Waals surface area contributed by atoms with Crippen LogP contribution in [-0.2, 0) is 0 Å². The second kappa shape index (κ2) is 5.13. The van der Waals surface area contributed by atoms with Gasteiger partial charge in [-0.05, 0) is 24.3 Å². The van der Waals surface area contributed by atoms with Crippen molar-refractivity contribution in [2.45, 2.75) is 0 Å². The van der Waals surface area contributed by atoms with Gasteiger partial charge in [-0.2, -0.15) is 5.26 Å². The average Bonchev–Trinajstić information content (AvgIpc) is 2.27. The second-order valence-electron chi connectivity index (χ2n) is 3.54. The van der Waals surface area contributed by atoms with Gasteiger partial charge in [0, 0.05) is 16.8 Å². The zero-order valence-corrected chi connectivity index (χ0v) is 10.6. The zero-order valence-electron chi connectivity index (χ0n) is 9.11. The Morgan fingerprint density at radius 2 is 2.00 bits per heavy atom. The van der Waals surface area contributed by atoms with Gasteiger partial charge in [0.2, 0.25) is 0 Å². The molecule has 0 unspecified atom stereocenters. The lowest BCUT2D eigenvalue weighted by molar-refractivity contribution is 1.31. The monoisotopic (exact) mass is 278 g/mol. The first-order chi connectivity index (χ1) is 8.58. The summed E-state index contributed by atoms with van der Waals surface area (Å²) >= 11 is 11.7. The average molecular weight is 279 g/mol. The van der Waals surface area contributed by atoms with Crippen molar-refractivity contribution >= 4 is 40.4 Å². The van der Waals surface area contributed by atoms with Gasteiger partial charge < -0.3 is 11.1 Å². The van der Waals surface area contributed by atoms with E-state index in [0.717, 1.165) is 0 Å². The van der Waals surface area contributed by atoms with E-state index >= 15 is 0 Å². The van der Waals surface area contributed by atoms with E-state index in [2.05, 4.69) is 16.4 Å². The molecule has 0 amide bonds. The number of anilines is 3. The van der Waals surface area contributed by atoms with Crippen molar-refractivity contribution < 1.29 is 0 Å². The van der Waals surface area contributed by atoms with Crippen LogP contribution in [0.25, 0.3) is 0 Å². The Balaban J connectivity index is 2.39. The maximum Gasteiger partial charge on any atom is 0.134 e. The van der Waals surface area contributed by atoms with E-state index in [-0.39, 0.29) is 5.15 Å². The van der Waals surface area contributed by atoms with Crippen molar-refractivity contribution in [3.8, 4) is 6.07 Å². The van der Waals surface area contributed by atoms with Gasteiger partial charge in [-0.3, -0.25) is 0 Å². The summed E-state index contributed by atoms with van der Waals surface area (Å²) in [6.07, 6.45) is 0. The highest BCUT2D eigenvalue weighted by Gasteiger charge is 2.05. The van der Waals surface area contributed by atoms with Gasteiger partial charge in [-0.1, -0.05) is 23.2 Å². The molecular formula is C12H8Cl2N4. The molecule has 0 atom stereocenters. The molecule has 0 aliphatic carbocycles. The Morgan fingerprint density at radius 1 is 1.22 bits per heavy atom. The topological polar surface area (TPSA) is 74.7 Å². The lowest BCUT2D eigenvalue weighted by atomic mass is 10.2. The van der Waals surface area contributed by atoms with Gasteiger partial charge in [0.25, 0.3) is 0 Å². The number of halogens is 2. The fourth-order valence-corrected chi connectivity index (χ4v) is 1.83. The summed E-state index contributed by atoms with van der Waals surface area (Å²) in [4.78, 5) is 4.06. The molecule has 0 aliphatic heterocycles. The molecule has 0 aliphatic rings. The van der Waals surface area contributed by atoms with Crippen LogP contribution in [0, 0.1) is 11.3 Å². The zero-order chi connectivity index (χ0) is 13.1. The van der Waals surface area contributed by atoms with Gasteiger partial charge in [-0.25, -0.2) is 4.98 Å². The third kappa shape index (κ3) is 2.83. The summed E-state index contributed by atoms with van der Waals surface area (Å²) in [6, 6.07) is 10.1. The molecule has 6 heteroatoms. The van der Waals surface area contributed by atoms with Gasteiger partial charge in [0.15, 0.2) is 0 Å². The number of hydrogen-bond donors (Lipinski definition) is 2. The van der Waals surface area contributed by atoms with Crippen LogP contribution in [0.15, 0.2) is 30.3 Å². The minimum absolute atomic E-state index is 0.276. The fourth-order valence-electron chi connectivity index (χ4n) is 1.44. The van der Waals surface area contributed by atoms with E-state index in [1.54, 1.807) is 24.3 Å². The number of nitrogens with zero attached hydrogens (tertiary/aromatic N) is 2. The molecule has 0 bridgehead atoms. The number of pyridine rings is 1. The molecular weight excluding hydrogens is 271 g/mol. The maximum atomic E-state index is 8.99. The van der Waals surface area contributed by atoms with Gasteiger partial charge in [-0.15, -0.1) is 0 Å². The van der Waals surface area contributed by atoms with Crippen LogP contribution in [0.2, 0.25) is 10.2 Å². The summed E-state index contributed by atoms with van der Waals surface area (Å²) < 4.78 is 0. The molecule has 90 valence electrons. The van der Waals surface area contributed by atoms with Crippen molar-refractivity contribution in [1.82, 2.24) is 4.98 Å². The minimum atomic E-state index is 0.276. The first kappa shape index (κ1) is 12.5. The van der Waals surface area contributed by atoms with Crippen LogP contribution in [0.5, 0.6) is 0 Å². The van der Waals surface area contributed by atoms with Crippen LogP contribution < -0.4 is 11.1 Å². The number of nitrogens with two attached hydrogens (primary N) is 1. The quantitative estimate of drug-likeness (QED) is 0.824. The Morgan fingerprint density at radius 3 is 2.67 bits per heavy atom. The normalized spacial score (nSPS) is 9.83. The molecule has 3 N–H and O–H groups in total. The smallest absolute Gasteiger partial charge is 0.134 e. The highest BCUT2D eigenvalue weighted by molar-refractivity contribution is 6.31. The van der Waals surface area contributed by atoms with Gasteiger partial charge in [0.05, 0.1) is 11.3 Å². The predicted octanol–water partition coefficient (Wildman–Crippen LogP) is 3.59. The highest BCUT2D eigenvalue weighted by atomic mass is 35.5. The number of hydrogen-bond acceptors (Lipinski definition) is 4. The number of aromatic nitrogens is 1. The van der Waals surface area contributed by atoms with Crippen LogP contribution in [0.4, 0.5) is 17.2 Å².